The Bertz CT molecular complexity index is 1040. The number of rotatable bonds is 3. The summed E-state index contributed by atoms with van der Waals surface area (Å²) < 4.78 is 52.7. The van der Waals surface area contributed by atoms with Crippen molar-refractivity contribution in [2.75, 3.05) is 12.1 Å². The Labute approximate surface area is 170 Å². The lowest BCUT2D eigenvalue weighted by atomic mass is 9.76. The van der Waals surface area contributed by atoms with Crippen LogP contribution in [-0.4, -0.2) is 25.2 Å². The average molecular weight is 414 g/mol. The summed E-state index contributed by atoms with van der Waals surface area (Å²) in [6.07, 6.45) is -5.86. The molecule has 0 saturated heterocycles. The number of halogens is 3. The fourth-order valence-electron chi connectivity index (χ4n) is 3.84. The van der Waals surface area contributed by atoms with Gasteiger partial charge in [0.15, 0.2) is 5.71 Å². The second kappa shape index (κ2) is 7.30. The summed E-state index contributed by atoms with van der Waals surface area (Å²) in [4.78, 5) is 0. The third kappa shape index (κ3) is 3.20. The van der Waals surface area contributed by atoms with Gasteiger partial charge in [0, 0.05) is 5.92 Å². The number of benzene rings is 2. The SMILES string of the molecule is COc1ccc([C@@H]2C(C#N)=C(N)O[C@@H]3[C@@H]2C(C(F)(F)F)=NN3c2ccccc2)cc1. The Morgan fingerprint density at radius 1 is 1.13 bits per heavy atom. The van der Waals surface area contributed by atoms with Crippen LogP contribution in [0.15, 0.2) is 71.2 Å². The summed E-state index contributed by atoms with van der Waals surface area (Å²) in [5.74, 6) is -1.92. The zero-order valence-corrected chi connectivity index (χ0v) is 15.8. The quantitative estimate of drug-likeness (QED) is 0.824. The van der Waals surface area contributed by atoms with E-state index in [1.165, 1.54) is 12.1 Å². The number of hydrazone groups is 1. The topological polar surface area (TPSA) is 83.9 Å². The minimum absolute atomic E-state index is 0.0618. The molecule has 2 N–H and O–H groups in total. The minimum atomic E-state index is -4.72. The highest BCUT2D eigenvalue weighted by Crippen LogP contribution is 2.48. The Morgan fingerprint density at radius 3 is 2.37 bits per heavy atom. The van der Waals surface area contributed by atoms with Crippen LogP contribution in [0.5, 0.6) is 5.75 Å². The molecule has 0 bridgehead atoms. The molecule has 3 atom stereocenters. The van der Waals surface area contributed by atoms with Crippen LogP contribution < -0.4 is 15.5 Å². The van der Waals surface area contributed by atoms with Crippen molar-refractivity contribution in [1.29, 1.82) is 5.26 Å². The molecule has 0 radical (unpaired) electrons. The van der Waals surface area contributed by atoms with Crippen LogP contribution in [-0.2, 0) is 4.74 Å². The number of fused-ring (bicyclic) bond motifs is 1. The summed E-state index contributed by atoms with van der Waals surface area (Å²) >= 11 is 0. The summed E-state index contributed by atoms with van der Waals surface area (Å²) in [7, 11) is 1.49. The Kier molecular flexibility index (Phi) is 4.78. The van der Waals surface area contributed by atoms with E-state index in [1.54, 1.807) is 54.6 Å². The Hall–Kier alpha value is -3.67. The van der Waals surface area contributed by atoms with E-state index >= 15 is 0 Å². The number of nitrogens with zero attached hydrogens (tertiary/aromatic N) is 3. The Morgan fingerprint density at radius 2 is 1.80 bits per heavy atom. The fraction of sp³-hybridized carbons (Fsp3) is 0.238. The molecule has 6 nitrogen and oxygen atoms in total. The maximum atomic E-state index is 14.0. The predicted molar refractivity (Wildman–Crippen MR) is 103 cm³/mol. The van der Waals surface area contributed by atoms with Crippen molar-refractivity contribution in [3.8, 4) is 11.8 Å². The zero-order chi connectivity index (χ0) is 21.5. The van der Waals surface area contributed by atoms with Gasteiger partial charge in [0.05, 0.1) is 24.3 Å². The number of alkyl halides is 3. The van der Waals surface area contributed by atoms with E-state index in [2.05, 4.69) is 5.10 Å². The summed E-state index contributed by atoms with van der Waals surface area (Å²) in [6.45, 7) is 0. The maximum absolute atomic E-state index is 14.0. The van der Waals surface area contributed by atoms with Crippen LogP contribution in [0.1, 0.15) is 11.5 Å². The van der Waals surface area contributed by atoms with Gasteiger partial charge in [0.25, 0.3) is 0 Å². The van der Waals surface area contributed by atoms with E-state index in [9.17, 15) is 18.4 Å². The molecule has 9 heteroatoms. The fourth-order valence-corrected chi connectivity index (χ4v) is 3.84. The normalized spacial score (nSPS) is 23.4. The van der Waals surface area contributed by atoms with E-state index in [4.69, 9.17) is 15.2 Å². The molecular formula is C21H17F3N4O2. The highest BCUT2D eigenvalue weighted by molar-refractivity contribution is 5.96. The largest absolute Gasteiger partial charge is 0.497 e. The summed E-state index contributed by atoms with van der Waals surface area (Å²) in [6, 6.07) is 16.8. The number of ether oxygens (including phenoxy) is 2. The van der Waals surface area contributed by atoms with Gasteiger partial charge in [-0.25, -0.2) is 5.01 Å². The predicted octanol–water partition coefficient (Wildman–Crippen LogP) is 3.88. The smallest absolute Gasteiger partial charge is 0.431 e. The van der Waals surface area contributed by atoms with Crippen molar-refractivity contribution >= 4 is 11.4 Å². The monoisotopic (exact) mass is 414 g/mol. The van der Waals surface area contributed by atoms with E-state index in [-0.39, 0.29) is 11.5 Å². The molecule has 0 saturated carbocycles. The van der Waals surface area contributed by atoms with Crippen LogP contribution >= 0.6 is 0 Å². The van der Waals surface area contributed by atoms with Crippen molar-refractivity contribution in [1.82, 2.24) is 0 Å². The van der Waals surface area contributed by atoms with Gasteiger partial charge in [0.2, 0.25) is 12.1 Å². The first-order chi connectivity index (χ1) is 14.3. The molecule has 0 fully saturated rings. The van der Waals surface area contributed by atoms with Crippen LogP contribution in [0.25, 0.3) is 0 Å². The van der Waals surface area contributed by atoms with Crippen molar-refractivity contribution in [2.45, 2.75) is 18.3 Å². The van der Waals surface area contributed by atoms with Crippen LogP contribution in [0.3, 0.4) is 0 Å². The molecule has 2 aliphatic heterocycles. The summed E-state index contributed by atoms with van der Waals surface area (Å²) in [5.41, 5.74) is 5.81. The van der Waals surface area contributed by atoms with Gasteiger partial charge in [-0.15, -0.1) is 0 Å². The maximum Gasteiger partial charge on any atom is 0.431 e. The molecule has 4 rings (SSSR count). The van der Waals surface area contributed by atoms with E-state index in [1.807, 2.05) is 6.07 Å². The number of methoxy groups -OCH3 is 1. The summed E-state index contributed by atoms with van der Waals surface area (Å²) in [5, 5.41) is 14.7. The van der Waals surface area contributed by atoms with E-state index in [0.717, 1.165) is 0 Å². The Balaban J connectivity index is 1.88. The average Bonchev–Trinajstić information content (AvgIpc) is 3.13. The van der Waals surface area contributed by atoms with Gasteiger partial charge in [-0.05, 0) is 29.8 Å². The minimum Gasteiger partial charge on any atom is -0.497 e. The highest BCUT2D eigenvalue weighted by Gasteiger charge is 2.57. The first-order valence-electron chi connectivity index (χ1n) is 9.05. The molecule has 0 unspecified atom stereocenters. The molecule has 30 heavy (non-hydrogen) atoms. The number of nitriles is 1. The molecule has 0 spiro atoms. The van der Waals surface area contributed by atoms with Gasteiger partial charge in [0.1, 0.15) is 11.8 Å². The number of hydrogen-bond acceptors (Lipinski definition) is 6. The number of anilines is 1. The van der Waals surface area contributed by atoms with Crippen molar-refractivity contribution in [3.63, 3.8) is 0 Å². The lowest BCUT2D eigenvalue weighted by Gasteiger charge is -2.37. The molecule has 0 aromatic heterocycles. The molecule has 2 heterocycles. The molecule has 0 amide bonds. The lowest BCUT2D eigenvalue weighted by Crippen LogP contribution is -2.46. The van der Waals surface area contributed by atoms with Crippen molar-refractivity contribution in [3.05, 3.63) is 71.6 Å². The molecular weight excluding hydrogens is 397 g/mol. The van der Waals surface area contributed by atoms with Gasteiger partial charge in [-0.3, -0.25) is 0 Å². The third-order valence-electron chi connectivity index (χ3n) is 5.17. The third-order valence-corrected chi connectivity index (χ3v) is 5.17. The van der Waals surface area contributed by atoms with Gasteiger partial charge >= 0.3 is 6.18 Å². The van der Waals surface area contributed by atoms with Gasteiger partial charge in [-0.1, -0.05) is 30.3 Å². The second-order valence-corrected chi connectivity index (χ2v) is 6.84. The van der Waals surface area contributed by atoms with Crippen LogP contribution in [0, 0.1) is 17.2 Å². The first-order valence-corrected chi connectivity index (χ1v) is 9.05. The lowest BCUT2D eigenvalue weighted by molar-refractivity contribution is -0.0658. The van der Waals surface area contributed by atoms with Crippen molar-refractivity contribution < 1.29 is 22.6 Å². The number of para-hydroxylation sites is 1. The molecule has 2 aliphatic rings. The number of nitrogens with two attached hydrogens (primary N) is 1. The van der Waals surface area contributed by atoms with Crippen LogP contribution in [0.2, 0.25) is 0 Å². The highest BCUT2D eigenvalue weighted by atomic mass is 19.4. The van der Waals surface area contributed by atoms with E-state index < -0.39 is 30.0 Å². The van der Waals surface area contributed by atoms with Crippen LogP contribution in [0.4, 0.5) is 18.9 Å². The molecule has 154 valence electrons. The number of allylic oxidation sites excluding steroid dienone is 1. The zero-order valence-electron chi connectivity index (χ0n) is 15.8. The van der Waals surface area contributed by atoms with Gasteiger partial charge < -0.3 is 15.2 Å². The molecule has 2 aromatic rings. The van der Waals surface area contributed by atoms with Crippen molar-refractivity contribution in [2.24, 2.45) is 16.8 Å². The molecule has 2 aromatic carbocycles. The first kappa shape index (κ1) is 19.6. The van der Waals surface area contributed by atoms with E-state index in [0.29, 0.717) is 17.0 Å². The second-order valence-electron chi connectivity index (χ2n) is 6.84. The standard InChI is InChI=1S/C21H17F3N4O2/c1-29-14-9-7-12(8-10-14)16-15(11-25)19(26)30-20-17(16)18(21(22,23)24)27-28(20)13-5-3-2-4-6-13/h2-10,16-17,20H,26H2,1H3/t16-,17+,20-/m1/s1. The molecule has 0 aliphatic carbocycles. The number of hydrogen-bond donors (Lipinski definition) is 1. The van der Waals surface area contributed by atoms with Gasteiger partial charge in [-0.2, -0.15) is 23.5 Å².